The van der Waals surface area contributed by atoms with E-state index in [2.05, 4.69) is 24.3 Å². The Bertz CT molecular complexity index is 843. The smallest absolute Gasteiger partial charge is 0.174 e. The molecular weight excluding hydrogens is 334 g/mol. The van der Waals surface area contributed by atoms with Crippen molar-refractivity contribution in [3.05, 3.63) is 102 Å². The summed E-state index contributed by atoms with van der Waals surface area (Å²) in [5, 5.41) is 15.3. The largest absolute Gasteiger partial charge is 0.479 e. The molecule has 0 saturated heterocycles. The van der Waals surface area contributed by atoms with E-state index in [4.69, 9.17) is 15.1 Å². The Balaban J connectivity index is 1.71. The van der Waals surface area contributed by atoms with Gasteiger partial charge in [0.25, 0.3) is 0 Å². The second-order valence-electron chi connectivity index (χ2n) is 6.05. The van der Waals surface area contributed by atoms with Crippen LogP contribution in [0, 0.1) is 11.3 Å². The van der Waals surface area contributed by atoms with E-state index in [9.17, 15) is 0 Å². The Hall–Kier alpha value is -3.58. The lowest BCUT2D eigenvalue weighted by atomic mass is 10.2. The van der Waals surface area contributed by atoms with Gasteiger partial charge in [-0.15, -0.1) is 0 Å². The molecule has 0 atom stereocenters. The third kappa shape index (κ3) is 6.02. The summed E-state index contributed by atoms with van der Waals surface area (Å²) in [6.07, 6.45) is 1.85. The molecule has 134 valence electrons. The zero-order chi connectivity index (χ0) is 18.7. The SMILES string of the molecule is N#CCOc1ccc(/C=N\N(Cc2ccccc2)Cc2ccccc2)cc1. The van der Waals surface area contributed by atoms with E-state index in [1.165, 1.54) is 11.1 Å². The van der Waals surface area contributed by atoms with Gasteiger partial charge in [0, 0.05) is 0 Å². The molecule has 27 heavy (non-hydrogen) atoms. The maximum absolute atomic E-state index is 8.57. The van der Waals surface area contributed by atoms with Crippen molar-refractivity contribution in [1.29, 1.82) is 5.26 Å². The van der Waals surface area contributed by atoms with Crippen LogP contribution < -0.4 is 4.74 Å². The average Bonchev–Trinajstić information content (AvgIpc) is 2.73. The Kier molecular flexibility index (Phi) is 6.60. The van der Waals surface area contributed by atoms with Crippen molar-refractivity contribution in [3.8, 4) is 11.8 Å². The van der Waals surface area contributed by atoms with Crippen LogP contribution >= 0.6 is 0 Å². The van der Waals surface area contributed by atoms with Crippen molar-refractivity contribution in [3.63, 3.8) is 0 Å². The van der Waals surface area contributed by atoms with Gasteiger partial charge in [0.05, 0.1) is 19.3 Å². The van der Waals surface area contributed by atoms with Crippen LogP contribution in [0.2, 0.25) is 0 Å². The minimum atomic E-state index is 0.0510. The van der Waals surface area contributed by atoms with Crippen LogP contribution in [0.3, 0.4) is 0 Å². The Morgan fingerprint density at radius 1 is 0.815 bits per heavy atom. The molecule has 0 aliphatic carbocycles. The lowest BCUT2D eigenvalue weighted by molar-refractivity contribution is 0.272. The van der Waals surface area contributed by atoms with Gasteiger partial charge in [0.15, 0.2) is 6.61 Å². The zero-order valence-corrected chi connectivity index (χ0v) is 15.0. The summed E-state index contributed by atoms with van der Waals surface area (Å²) >= 11 is 0. The first-order chi connectivity index (χ1) is 13.3. The van der Waals surface area contributed by atoms with Gasteiger partial charge >= 0.3 is 0 Å². The molecule has 0 aliphatic rings. The second-order valence-corrected chi connectivity index (χ2v) is 6.05. The molecule has 3 aromatic carbocycles. The molecule has 0 heterocycles. The van der Waals surface area contributed by atoms with Crippen molar-refractivity contribution in [2.45, 2.75) is 13.1 Å². The summed E-state index contributed by atoms with van der Waals surface area (Å²) in [5.41, 5.74) is 3.40. The quantitative estimate of drug-likeness (QED) is 0.437. The first-order valence-electron chi connectivity index (χ1n) is 8.80. The van der Waals surface area contributed by atoms with Crippen LogP contribution in [0.5, 0.6) is 5.75 Å². The Labute approximate surface area is 160 Å². The standard InChI is InChI=1S/C23H21N3O/c24-15-16-27-23-13-11-20(12-14-23)17-25-26(18-21-7-3-1-4-8-21)19-22-9-5-2-6-10-22/h1-14,17H,16,18-19H2/b25-17-. The molecular formula is C23H21N3O. The highest BCUT2D eigenvalue weighted by molar-refractivity contribution is 5.79. The van der Waals surface area contributed by atoms with Gasteiger partial charge in [0.1, 0.15) is 11.8 Å². The van der Waals surface area contributed by atoms with Crippen LogP contribution in [-0.2, 0) is 13.1 Å². The number of hydrazone groups is 1. The lowest BCUT2D eigenvalue weighted by Crippen LogP contribution is -2.17. The minimum absolute atomic E-state index is 0.0510. The van der Waals surface area contributed by atoms with Gasteiger partial charge in [-0.2, -0.15) is 10.4 Å². The van der Waals surface area contributed by atoms with E-state index in [1.807, 2.05) is 78.0 Å². The van der Waals surface area contributed by atoms with Crippen molar-refractivity contribution in [2.75, 3.05) is 6.61 Å². The van der Waals surface area contributed by atoms with Crippen molar-refractivity contribution in [2.24, 2.45) is 5.10 Å². The molecule has 3 rings (SSSR count). The van der Waals surface area contributed by atoms with Crippen LogP contribution in [0.15, 0.2) is 90.0 Å². The van der Waals surface area contributed by atoms with E-state index in [0.29, 0.717) is 5.75 Å². The number of benzene rings is 3. The predicted octanol–water partition coefficient (Wildman–Crippen LogP) is 4.63. The molecule has 0 amide bonds. The fourth-order valence-corrected chi connectivity index (χ4v) is 2.64. The number of nitriles is 1. The maximum Gasteiger partial charge on any atom is 0.174 e. The maximum atomic E-state index is 8.57. The number of hydrogen-bond acceptors (Lipinski definition) is 4. The van der Waals surface area contributed by atoms with Gasteiger partial charge in [-0.3, -0.25) is 5.01 Å². The highest BCUT2D eigenvalue weighted by Gasteiger charge is 2.04. The number of nitrogens with zero attached hydrogens (tertiary/aromatic N) is 3. The van der Waals surface area contributed by atoms with Crippen LogP contribution in [0.1, 0.15) is 16.7 Å². The Morgan fingerprint density at radius 2 is 1.37 bits per heavy atom. The molecule has 0 N–H and O–H groups in total. The van der Waals surface area contributed by atoms with Crippen molar-refractivity contribution < 1.29 is 4.74 Å². The Morgan fingerprint density at radius 3 is 1.89 bits per heavy atom. The summed E-state index contributed by atoms with van der Waals surface area (Å²) in [6.45, 7) is 1.51. The van der Waals surface area contributed by atoms with Gasteiger partial charge in [0.2, 0.25) is 0 Å². The van der Waals surface area contributed by atoms with E-state index >= 15 is 0 Å². The molecule has 0 spiro atoms. The molecule has 3 aromatic rings. The van der Waals surface area contributed by atoms with Gasteiger partial charge in [-0.25, -0.2) is 0 Å². The number of hydrogen-bond donors (Lipinski definition) is 0. The van der Waals surface area contributed by atoms with Crippen LogP contribution in [-0.4, -0.2) is 17.8 Å². The summed E-state index contributed by atoms with van der Waals surface area (Å²) in [5.74, 6) is 0.680. The normalized spacial score (nSPS) is 10.5. The summed E-state index contributed by atoms with van der Waals surface area (Å²) in [7, 11) is 0. The number of ether oxygens (including phenoxy) is 1. The highest BCUT2D eigenvalue weighted by atomic mass is 16.5. The van der Waals surface area contributed by atoms with Gasteiger partial charge in [-0.05, 0) is 41.0 Å². The third-order valence-corrected chi connectivity index (χ3v) is 3.97. The third-order valence-electron chi connectivity index (χ3n) is 3.97. The summed E-state index contributed by atoms with van der Waals surface area (Å²) < 4.78 is 5.28. The molecule has 0 fully saturated rings. The zero-order valence-electron chi connectivity index (χ0n) is 15.0. The lowest BCUT2D eigenvalue weighted by Gasteiger charge is -2.19. The molecule has 0 aromatic heterocycles. The molecule has 0 saturated carbocycles. The predicted molar refractivity (Wildman–Crippen MR) is 107 cm³/mol. The first-order valence-corrected chi connectivity index (χ1v) is 8.80. The average molecular weight is 355 g/mol. The first kappa shape index (κ1) is 18.2. The molecule has 0 unspecified atom stereocenters. The minimum Gasteiger partial charge on any atom is -0.479 e. The second kappa shape index (κ2) is 9.79. The number of rotatable bonds is 8. The van der Waals surface area contributed by atoms with Crippen LogP contribution in [0.25, 0.3) is 0 Å². The highest BCUT2D eigenvalue weighted by Crippen LogP contribution is 2.13. The van der Waals surface area contributed by atoms with Crippen LogP contribution in [0.4, 0.5) is 0 Å². The monoisotopic (exact) mass is 355 g/mol. The van der Waals surface area contributed by atoms with E-state index in [0.717, 1.165) is 18.7 Å². The van der Waals surface area contributed by atoms with Gasteiger partial charge in [-0.1, -0.05) is 60.7 Å². The van der Waals surface area contributed by atoms with E-state index in [-0.39, 0.29) is 6.61 Å². The molecule has 0 aliphatic heterocycles. The molecule has 4 heteroatoms. The van der Waals surface area contributed by atoms with E-state index in [1.54, 1.807) is 0 Å². The summed E-state index contributed by atoms with van der Waals surface area (Å²) in [4.78, 5) is 0. The fraction of sp³-hybridized carbons (Fsp3) is 0.130. The van der Waals surface area contributed by atoms with E-state index < -0.39 is 0 Å². The topological polar surface area (TPSA) is 48.6 Å². The molecule has 0 bridgehead atoms. The molecule has 0 radical (unpaired) electrons. The van der Waals surface area contributed by atoms with Crippen molar-refractivity contribution >= 4 is 6.21 Å². The summed E-state index contributed by atoms with van der Waals surface area (Å²) in [6, 6.07) is 30.1. The fourth-order valence-electron chi connectivity index (χ4n) is 2.64. The van der Waals surface area contributed by atoms with Gasteiger partial charge < -0.3 is 4.74 Å². The van der Waals surface area contributed by atoms with Crippen molar-refractivity contribution in [1.82, 2.24) is 5.01 Å². The molecule has 4 nitrogen and oxygen atoms in total.